The molecule has 19 heavy (non-hydrogen) atoms. The van der Waals surface area contributed by atoms with Crippen molar-refractivity contribution >= 4 is 10.0 Å². The van der Waals surface area contributed by atoms with Crippen molar-refractivity contribution < 1.29 is 12.8 Å². The van der Waals surface area contributed by atoms with Crippen LogP contribution in [0.3, 0.4) is 0 Å². The van der Waals surface area contributed by atoms with Gasteiger partial charge in [0.25, 0.3) is 0 Å². The maximum Gasteiger partial charge on any atom is 0.241 e. The summed E-state index contributed by atoms with van der Waals surface area (Å²) in [5, 5.41) is 3.98. The van der Waals surface area contributed by atoms with Gasteiger partial charge in [-0.25, -0.2) is 17.5 Å². The molecule has 0 aliphatic heterocycles. The number of aromatic nitrogens is 2. The van der Waals surface area contributed by atoms with Crippen LogP contribution < -0.4 is 4.72 Å². The molecule has 1 N–H and O–H groups in total. The molecule has 0 saturated heterocycles. The van der Waals surface area contributed by atoms with Gasteiger partial charge in [0.15, 0.2) is 0 Å². The fraction of sp³-hybridized carbons (Fsp3) is 0.250. The molecule has 102 valence electrons. The van der Waals surface area contributed by atoms with E-state index in [9.17, 15) is 12.8 Å². The number of nitrogens with one attached hydrogen (secondary N) is 1. The van der Waals surface area contributed by atoms with Gasteiger partial charge in [0.05, 0.1) is 11.1 Å². The third-order valence-electron chi connectivity index (χ3n) is 2.68. The highest BCUT2D eigenvalue weighted by Crippen LogP contribution is 2.16. The molecule has 0 aliphatic rings. The van der Waals surface area contributed by atoms with Crippen molar-refractivity contribution in [3.8, 4) is 0 Å². The Morgan fingerprint density at radius 2 is 1.95 bits per heavy atom. The van der Waals surface area contributed by atoms with Crippen molar-refractivity contribution in [1.29, 1.82) is 0 Å². The summed E-state index contributed by atoms with van der Waals surface area (Å²) in [5.74, 6) is -0.473. The lowest BCUT2D eigenvalue weighted by molar-refractivity contribution is 0.566. The Hall–Kier alpha value is -1.73. The topological polar surface area (TPSA) is 64.0 Å². The molecule has 1 atom stereocenters. The van der Waals surface area contributed by atoms with Gasteiger partial charge in [0.1, 0.15) is 5.82 Å². The molecule has 0 saturated carbocycles. The van der Waals surface area contributed by atoms with E-state index in [0.29, 0.717) is 0 Å². The van der Waals surface area contributed by atoms with E-state index in [4.69, 9.17) is 0 Å². The zero-order chi connectivity index (χ0) is 14.0. The van der Waals surface area contributed by atoms with E-state index in [2.05, 4.69) is 9.82 Å². The van der Waals surface area contributed by atoms with Gasteiger partial charge in [-0.15, -0.1) is 0 Å². The van der Waals surface area contributed by atoms with E-state index < -0.39 is 21.9 Å². The van der Waals surface area contributed by atoms with E-state index in [-0.39, 0.29) is 4.90 Å². The number of aryl methyl sites for hydroxylation is 1. The van der Waals surface area contributed by atoms with E-state index in [1.165, 1.54) is 12.1 Å². The molecular formula is C12H14FN3O2S. The maximum absolute atomic E-state index is 12.8. The normalized spacial score (nSPS) is 13.4. The number of hydrogen-bond donors (Lipinski definition) is 1. The van der Waals surface area contributed by atoms with E-state index in [0.717, 1.165) is 17.7 Å². The van der Waals surface area contributed by atoms with Gasteiger partial charge in [-0.05, 0) is 31.2 Å². The van der Waals surface area contributed by atoms with Crippen LogP contribution in [0.5, 0.6) is 0 Å². The van der Waals surface area contributed by atoms with Crippen molar-refractivity contribution in [3.05, 3.63) is 48.0 Å². The van der Waals surface area contributed by atoms with Crippen LogP contribution in [0.25, 0.3) is 0 Å². The molecule has 1 aromatic heterocycles. The number of rotatable bonds is 4. The molecule has 0 amide bonds. The summed E-state index contributed by atoms with van der Waals surface area (Å²) in [6, 6.07) is 4.28. The van der Waals surface area contributed by atoms with Crippen LogP contribution in [0, 0.1) is 5.82 Å². The summed E-state index contributed by atoms with van der Waals surface area (Å²) in [6.07, 6.45) is 3.33. The Balaban J connectivity index is 2.19. The molecular weight excluding hydrogens is 269 g/mol. The van der Waals surface area contributed by atoms with E-state index in [1.54, 1.807) is 31.0 Å². The van der Waals surface area contributed by atoms with Crippen LogP contribution >= 0.6 is 0 Å². The number of halogens is 1. The Kier molecular flexibility index (Phi) is 3.68. The summed E-state index contributed by atoms with van der Waals surface area (Å²) in [6.45, 7) is 1.72. The monoisotopic (exact) mass is 283 g/mol. The van der Waals surface area contributed by atoms with Gasteiger partial charge in [0, 0.05) is 24.8 Å². The van der Waals surface area contributed by atoms with Gasteiger partial charge in [-0.2, -0.15) is 5.10 Å². The smallest absolute Gasteiger partial charge is 0.241 e. The predicted molar refractivity (Wildman–Crippen MR) is 68.3 cm³/mol. The second-order valence-corrected chi connectivity index (χ2v) is 5.96. The molecule has 1 aromatic carbocycles. The minimum Gasteiger partial charge on any atom is -0.275 e. The molecule has 0 aliphatic carbocycles. The van der Waals surface area contributed by atoms with E-state index >= 15 is 0 Å². The first-order valence-electron chi connectivity index (χ1n) is 5.65. The quantitative estimate of drug-likeness (QED) is 0.927. The van der Waals surface area contributed by atoms with Gasteiger partial charge in [0.2, 0.25) is 10.0 Å². The van der Waals surface area contributed by atoms with Crippen molar-refractivity contribution in [2.75, 3.05) is 0 Å². The average molecular weight is 283 g/mol. The zero-order valence-electron chi connectivity index (χ0n) is 10.5. The first-order valence-corrected chi connectivity index (χ1v) is 7.13. The van der Waals surface area contributed by atoms with Crippen molar-refractivity contribution in [3.63, 3.8) is 0 Å². The van der Waals surface area contributed by atoms with Crippen LogP contribution in [-0.2, 0) is 17.1 Å². The summed E-state index contributed by atoms with van der Waals surface area (Å²) in [7, 11) is -1.91. The molecule has 2 rings (SSSR count). The highest BCUT2D eigenvalue weighted by molar-refractivity contribution is 7.89. The van der Waals surface area contributed by atoms with Crippen LogP contribution in [0.2, 0.25) is 0 Å². The van der Waals surface area contributed by atoms with Crippen LogP contribution in [0.4, 0.5) is 4.39 Å². The molecule has 0 radical (unpaired) electrons. The number of sulfonamides is 1. The Bertz CT molecular complexity index is 665. The summed E-state index contributed by atoms with van der Waals surface area (Å²) >= 11 is 0. The zero-order valence-corrected chi connectivity index (χ0v) is 11.4. The summed E-state index contributed by atoms with van der Waals surface area (Å²) < 4.78 is 41.0. The minimum atomic E-state index is -3.67. The van der Waals surface area contributed by atoms with Crippen LogP contribution in [0.15, 0.2) is 41.6 Å². The molecule has 1 heterocycles. The Morgan fingerprint density at radius 1 is 1.32 bits per heavy atom. The largest absolute Gasteiger partial charge is 0.275 e. The van der Waals surface area contributed by atoms with Crippen molar-refractivity contribution in [2.45, 2.75) is 17.9 Å². The second kappa shape index (κ2) is 5.10. The molecule has 5 nitrogen and oxygen atoms in total. The SMILES string of the molecule is C[C@@H](NS(=O)(=O)c1ccc(F)cc1)c1cnn(C)c1. The predicted octanol–water partition coefficient (Wildman–Crippen LogP) is 1.60. The molecule has 2 aromatic rings. The molecule has 7 heteroatoms. The first kappa shape index (κ1) is 13.7. The first-order chi connectivity index (χ1) is 8.88. The highest BCUT2D eigenvalue weighted by atomic mass is 32.2. The van der Waals surface area contributed by atoms with Crippen LogP contribution in [0.1, 0.15) is 18.5 Å². The average Bonchev–Trinajstić information content (AvgIpc) is 2.76. The van der Waals surface area contributed by atoms with Crippen molar-refractivity contribution in [1.82, 2.24) is 14.5 Å². The number of hydrogen-bond acceptors (Lipinski definition) is 3. The Morgan fingerprint density at radius 3 is 2.47 bits per heavy atom. The van der Waals surface area contributed by atoms with Gasteiger partial charge in [-0.1, -0.05) is 0 Å². The van der Waals surface area contributed by atoms with Crippen LogP contribution in [-0.4, -0.2) is 18.2 Å². The van der Waals surface area contributed by atoms with Gasteiger partial charge >= 0.3 is 0 Å². The third-order valence-corrected chi connectivity index (χ3v) is 4.24. The third kappa shape index (κ3) is 3.18. The van der Waals surface area contributed by atoms with Crippen molar-refractivity contribution in [2.24, 2.45) is 7.05 Å². The fourth-order valence-corrected chi connectivity index (χ4v) is 2.88. The van der Waals surface area contributed by atoms with E-state index in [1.807, 2.05) is 0 Å². The lowest BCUT2D eigenvalue weighted by Gasteiger charge is -2.12. The summed E-state index contributed by atoms with van der Waals surface area (Å²) in [5.41, 5.74) is 0.758. The maximum atomic E-state index is 12.8. The molecule has 0 spiro atoms. The fourth-order valence-electron chi connectivity index (χ4n) is 1.65. The molecule has 0 fully saturated rings. The molecule has 0 bridgehead atoms. The van der Waals surface area contributed by atoms with Gasteiger partial charge in [-0.3, -0.25) is 4.68 Å². The van der Waals surface area contributed by atoms with Gasteiger partial charge < -0.3 is 0 Å². The minimum absolute atomic E-state index is 0.0321. The highest BCUT2D eigenvalue weighted by Gasteiger charge is 2.19. The number of nitrogens with zero attached hydrogens (tertiary/aromatic N) is 2. The molecule has 0 unspecified atom stereocenters. The second-order valence-electron chi connectivity index (χ2n) is 4.24. The number of benzene rings is 1. The lowest BCUT2D eigenvalue weighted by Crippen LogP contribution is -2.26. The lowest BCUT2D eigenvalue weighted by atomic mass is 10.2. The standard InChI is InChI=1S/C12H14FN3O2S/c1-9(10-7-14-16(2)8-10)15-19(17,18)12-5-3-11(13)4-6-12/h3-9,15H,1-2H3/t9-/m1/s1. The summed E-state index contributed by atoms with van der Waals surface area (Å²) in [4.78, 5) is 0.0321. The Labute approximate surface area is 111 Å².